The smallest absolute Gasteiger partial charge is 0.221 e. The lowest BCUT2D eigenvalue weighted by atomic mass is 10.0. The highest BCUT2D eigenvalue weighted by atomic mass is 16.1. The number of anilines is 1. The Morgan fingerprint density at radius 1 is 1.29 bits per heavy atom. The van der Waals surface area contributed by atoms with Crippen molar-refractivity contribution in [2.75, 3.05) is 5.73 Å². The van der Waals surface area contributed by atoms with Crippen molar-refractivity contribution in [3.05, 3.63) is 35.5 Å². The molecule has 0 radical (unpaired) electrons. The molecular weight excluding hydrogens is 216 g/mol. The van der Waals surface area contributed by atoms with E-state index in [0.717, 1.165) is 0 Å². The average molecular weight is 226 g/mol. The van der Waals surface area contributed by atoms with Crippen LogP contribution in [0.3, 0.4) is 0 Å². The third kappa shape index (κ3) is 2.83. The maximum absolute atomic E-state index is 10.9. The van der Waals surface area contributed by atoms with E-state index in [1.807, 2.05) is 6.07 Å². The number of nitrogen functional groups attached to an aromatic ring is 1. The minimum Gasteiger partial charge on any atom is -0.398 e. The van der Waals surface area contributed by atoms with Crippen molar-refractivity contribution in [1.82, 2.24) is 5.32 Å². The minimum absolute atomic E-state index is 0.0563. The Kier molecular flexibility index (Phi) is 3.86. The van der Waals surface area contributed by atoms with E-state index in [1.165, 1.54) is 6.92 Å². The van der Waals surface area contributed by atoms with E-state index < -0.39 is 5.91 Å². The summed E-state index contributed by atoms with van der Waals surface area (Å²) >= 11 is 0. The Bertz CT molecular complexity index is 561. The Morgan fingerprint density at radius 3 is 2.41 bits per heavy atom. The summed E-state index contributed by atoms with van der Waals surface area (Å²) in [6.07, 6.45) is 0. The molecule has 0 aliphatic carbocycles. The zero-order valence-electron chi connectivity index (χ0n) is 9.19. The average Bonchev–Trinajstić information content (AvgIpc) is 2.30. The van der Waals surface area contributed by atoms with Crippen molar-refractivity contribution in [3.63, 3.8) is 0 Å². The first-order chi connectivity index (χ1) is 8.10. The molecule has 1 rings (SSSR count). The number of nitrogens with two attached hydrogens (primary N) is 1. The van der Waals surface area contributed by atoms with Crippen LogP contribution in [0.1, 0.15) is 12.5 Å². The number of hydrogen-bond acceptors (Lipinski definition) is 4. The molecule has 0 aromatic heterocycles. The molecule has 1 aromatic rings. The molecule has 17 heavy (non-hydrogen) atoms. The van der Waals surface area contributed by atoms with Crippen LogP contribution in [0.25, 0.3) is 5.57 Å². The number of carbonyl (C=O) groups excluding carboxylic acids is 1. The second-order valence-corrected chi connectivity index (χ2v) is 3.24. The first-order valence-electron chi connectivity index (χ1n) is 4.77. The van der Waals surface area contributed by atoms with Crippen molar-refractivity contribution in [3.8, 4) is 12.1 Å². The predicted molar refractivity (Wildman–Crippen MR) is 62.8 cm³/mol. The molecule has 0 fully saturated rings. The molecule has 0 aliphatic heterocycles. The summed E-state index contributed by atoms with van der Waals surface area (Å²) in [5, 5.41) is 20.3. The van der Waals surface area contributed by atoms with Crippen LogP contribution < -0.4 is 11.1 Å². The summed E-state index contributed by atoms with van der Waals surface area (Å²) in [6, 6.07) is 10.3. The van der Waals surface area contributed by atoms with Gasteiger partial charge in [-0.05, 0) is 6.07 Å². The molecule has 0 atom stereocenters. The fourth-order valence-corrected chi connectivity index (χ4v) is 1.30. The van der Waals surface area contributed by atoms with Gasteiger partial charge in [0.05, 0.1) is 5.57 Å². The van der Waals surface area contributed by atoms with Gasteiger partial charge in [-0.15, -0.1) is 0 Å². The van der Waals surface area contributed by atoms with E-state index in [4.69, 9.17) is 16.3 Å². The Hall–Kier alpha value is -2.79. The van der Waals surface area contributed by atoms with Gasteiger partial charge in [-0.2, -0.15) is 10.5 Å². The maximum Gasteiger partial charge on any atom is 0.221 e. The highest BCUT2D eigenvalue weighted by molar-refractivity contribution is 5.89. The van der Waals surface area contributed by atoms with E-state index in [1.54, 1.807) is 30.3 Å². The van der Waals surface area contributed by atoms with Crippen LogP contribution >= 0.6 is 0 Å². The summed E-state index contributed by atoms with van der Waals surface area (Å²) in [4.78, 5) is 10.9. The van der Waals surface area contributed by atoms with Crippen LogP contribution in [0.2, 0.25) is 0 Å². The molecule has 0 aliphatic rings. The number of benzene rings is 1. The van der Waals surface area contributed by atoms with Gasteiger partial charge in [0.25, 0.3) is 0 Å². The summed E-state index contributed by atoms with van der Waals surface area (Å²) < 4.78 is 0. The lowest BCUT2D eigenvalue weighted by Crippen LogP contribution is -2.19. The van der Waals surface area contributed by atoms with Gasteiger partial charge in [-0.3, -0.25) is 4.79 Å². The quantitative estimate of drug-likeness (QED) is 0.583. The van der Waals surface area contributed by atoms with Crippen LogP contribution in [-0.4, -0.2) is 5.91 Å². The molecule has 0 saturated carbocycles. The zero-order valence-corrected chi connectivity index (χ0v) is 9.19. The van der Waals surface area contributed by atoms with E-state index in [-0.39, 0.29) is 11.3 Å². The van der Waals surface area contributed by atoms with Crippen molar-refractivity contribution in [2.24, 2.45) is 0 Å². The SMILES string of the molecule is CC(=O)N/C(C#N)=C(/C#N)c1ccccc1N. The molecule has 5 heteroatoms. The van der Waals surface area contributed by atoms with Gasteiger partial charge < -0.3 is 11.1 Å². The summed E-state index contributed by atoms with van der Waals surface area (Å²) in [7, 11) is 0. The van der Waals surface area contributed by atoms with Crippen LogP contribution in [-0.2, 0) is 4.79 Å². The predicted octanol–water partition coefficient (Wildman–Crippen LogP) is 1.16. The molecule has 5 nitrogen and oxygen atoms in total. The van der Waals surface area contributed by atoms with Crippen molar-refractivity contribution >= 4 is 17.2 Å². The lowest BCUT2D eigenvalue weighted by Gasteiger charge is -2.06. The molecule has 3 N–H and O–H groups in total. The summed E-state index contributed by atoms with van der Waals surface area (Å²) in [6.45, 7) is 1.26. The zero-order chi connectivity index (χ0) is 12.8. The van der Waals surface area contributed by atoms with Crippen molar-refractivity contribution in [2.45, 2.75) is 6.92 Å². The highest BCUT2D eigenvalue weighted by Crippen LogP contribution is 2.22. The molecule has 0 spiro atoms. The third-order valence-electron chi connectivity index (χ3n) is 2.00. The summed E-state index contributed by atoms with van der Waals surface area (Å²) in [5.41, 5.74) is 6.48. The number of amides is 1. The Balaban J connectivity index is 3.38. The van der Waals surface area contributed by atoms with Gasteiger partial charge in [0.2, 0.25) is 5.91 Å². The second kappa shape index (κ2) is 5.34. The first-order valence-corrected chi connectivity index (χ1v) is 4.77. The Morgan fingerprint density at radius 2 is 1.94 bits per heavy atom. The molecule has 0 saturated heterocycles. The number of allylic oxidation sites excluding steroid dienone is 2. The number of carbonyl (C=O) groups is 1. The molecule has 0 bridgehead atoms. The Labute approximate surface area is 98.8 Å². The molecule has 1 aromatic carbocycles. The number of hydrogen-bond donors (Lipinski definition) is 2. The van der Waals surface area contributed by atoms with E-state index in [9.17, 15) is 4.79 Å². The van der Waals surface area contributed by atoms with Crippen LogP contribution in [0.4, 0.5) is 5.69 Å². The van der Waals surface area contributed by atoms with Crippen LogP contribution in [0.5, 0.6) is 0 Å². The largest absolute Gasteiger partial charge is 0.398 e. The first kappa shape index (κ1) is 12.3. The second-order valence-electron chi connectivity index (χ2n) is 3.24. The van der Waals surface area contributed by atoms with Gasteiger partial charge in [-0.1, -0.05) is 18.2 Å². The number of nitrogens with one attached hydrogen (secondary N) is 1. The molecule has 0 unspecified atom stereocenters. The maximum atomic E-state index is 10.9. The van der Waals surface area contributed by atoms with Crippen molar-refractivity contribution < 1.29 is 4.79 Å². The van der Waals surface area contributed by atoms with Gasteiger partial charge in [0, 0.05) is 18.2 Å². The van der Waals surface area contributed by atoms with E-state index in [0.29, 0.717) is 11.3 Å². The number of nitriles is 2. The lowest BCUT2D eigenvalue weighted by molar-refractivity contribution is -0.118. The monoisotopic (exact) mass is 226 g/mol. The van der Waals surface area contributed by atoms with Gasteiger partial charge in [0.1, 0.15) is 17.8 Å². The molecule has 1 amide bonds. The van der Waals surface area contributed by atoms with Crippen LogP contribution in [0.15, 0.2) is 30.0 Å². The van der Waals surface area contributed by atoms with E-state index >= 15 is 0 Å². The van der Waals surface area contributed by atoms with Gasteiger partial charge in [-0.25, -0.2) is 0 Å². The standard InChI is InChI=1S/C12H10N4O/c1-8(17)16-12(7-14)10(6-13)9-4-2-3-5-11(9)15/h2-5H,15H2,1H3,(H,16,17)/b12-10-. The molecular formula is C12H10N4O. The van der Waals surface area contributed by atoms with Crippen molar-refractivity contribution in [1.29, 1.82) is 10.5 Å². The normalized spacial score (nSPS) is 10.8. The fraction of sp³-hybridized carbons (Fsp3) is 0.0833. The fourth-order valence-electron chi connectivity index (χ4n) is 1.30. The van der Waals surface area contributed by atoms with Gasteiger partial charge in [0.15, 0.2) is 0 Å². The molecule has 84 valence electrons. The summed E-state index contributed by atoms with van der Waals surface area (Å²) in [5.74, 6) is -0.413. The number of rotatable bonds is 2. The van der Waals surface area contributed by atoms with E-state index in [2.05, 4.69) is 5.32 Å². The molecule has 0 heterocycles. The minimum atomic E-state index is -0.413. The highest BCUT2D eigenvalue weighted by Gasteiger charge is 2.12. The topological polar surface area (TPSA) is 103 Å². The van der Waals surface area contributed by atoms with Gasteiger partial charge >= 0.3 is 0 Å². The number of para-hydroxylation sites is 1. The van der Waals surface area contributed by atoms with Crippen LogP contribution in [0, 0.1) is 22.7 Å². The third-order valence-corrected chi connectivity index (χ3v) is 2.00. The number of nitrogens with zero attached hydrogens (tertiary/aromatic N) is 2.